The summed E-state index contributed by atoms with van der Waals surface area (Å²) >= 11 is 2.76. The maximum absolute atomic E-state index is 12.4. The van der Waals surface area contributed by atoms with Crippen LogP contribution in [0.4, 0.5) is 5.13 Å². The van der Waals surface area contributed by atoms with Crippen molar-refractivity contribution >= 4 is 44.4 Å². The van der Waals surface area contributed by atoms with Crippen LogP contribution in [0.5, 0.6) is 5.75 Å². The number of rotatable bonds is 7. The Labute approximate surface area is 175 Å². The number of hydrogen-bond acceptors (Lipinski definition) is 8. The Hall–Kier alpha value is -2.98. The van der Waals surface area contributed by atoms with Crippen LogP contribution in [0, 0.1) is 0 Å². The Morgan fingerprint density at radius 3 is 2.83 bits per heavy atom. The highest BCUT2D eigenvalue weighted by molar-refractivity contribution is 7.99. The van der Waals surface area contributed by atoms with Crippen molar-refractivity contribution in [3.05, 3.63) is 42.7 Å². The number of aromatic nitrogens is 5. The molecule has 1 amide bonds. The second-order valence-electron chi connectivity index (χ2n) is 5.98. The first-order valence-corrected chi connectivity index (χ1v) is 10.7. The lowest BCUT2D eigenvalue weighted by molar-refractivity contribution is -0.113. The van der Waals surface area contributed by atoms with Crippen molar-refractivity contribution < 1.29 is 9.53 Å². The molecule has 0 saturated carbocycles. The van der Waals surface area contributed by atoms with Crippen LogP contribution in [0.15, 0.2) is 47.9 Å². The highest BCUT2D eigenvalue weighted by Gasteiger charge is 2.15. The van der Waals surface area contributed by atoms with Crippen LogP contribution in [0.3, 0.4) is 0 Å². The second-order valence-corrected chi connectivity index (χ2v) is 7.95. The van der Waals surface area contributed by atoms with Crippen LogP contribution in [-0.2, 0) is 11.3 Å². The topological polar surface area (TPSA) is 94.8 Å². The maximum Gasteiger partial charge on any atom is 0.236 e. The van der Waals surface area contributed by atoms with Crippen LogP contribution < -0.4 is 10.1 Å². The molecule has 3 heterocycles. The minimum Gasteiger partial charge on any atom is -0.497 e. The van der Waals surface area contributed by atoms with E-state index in [1.807, 2.05) is 41.8 Å². The maximum atomic E-state index is 12.4. The summed E-state index contributed by atoms with van der Waals surface area (Å²) in [5.74, 6) is 1.60. The van der Waals surface area contributed by atoms with E-state index in [1.165, 1.54) is 23.1 Å². The number of pyridine rings is 1. The average Bonchev–Trinajstić information content (AvgIpc) is 3.35. The molecule has 1 aromatic carbocycles. The minimum absolute atomic E-state index is 0.142. The predicted molar refractivity (Wildman–Crippen MR) is 114 cm³/mol. The molecule has 0 unspecified atom stereocenters. The SMILES string of the molecule is CCn1c(SCC(=O)Nc2nc3ccc(OC)cc3s2)nnc1-c1ccncc1. The van der Waals surface area contributed by atoms with Gasteiger partial charge in [-0.3, -0.25) is 9.78 Å². The molecular formula is C19H18N6O2S2. The van der Waals surface area contributed by atoms with Gasteiger partial charge in [0, 0.05) is 24.5 Å². The number of fused-ring (bicyclic) bond motifs is 1. The molecule has 4 rings (SSSR count). The lowest BCUT2D eigenvalue weighted by atomic mass is 10.2. The third-order valence-corrected chi connectivity index (χ3v) is 6.05. The fraction of sp³-hybridized carbons (Fsp3) is 0.211. The summed E-state index contributed by atoms with van der Waals surface area (Å²) in [4.78, 5) is 20.9. The first kappa shape index (κ1) is 19.3. The molecule has 0 spiro atoms. The molecule has 10 heteroatoms. The standard InChI is InChI=1S/C19H18N6O2S2/c1-3-25-17(12-6-8-20-9-7-12)23-24-19(25)28-11-16(26)22-18-21-14-5-4-13(27-2)10-15(14)29-18/h4-10H,3,11H2,1-2H3,(H,21,22,26). The number of ether oxygens (including phenoxy) is 1. The van der Waals surface area contributed by atoms with Crippen LogP contribution in [-0.4, -0.2) is 43.5 Å². The molecule has 148 valence electrons. The van der Waals surface area contributed by atoms with Gasteiger partial charge in [0.2, 0.25) is 5.91 Å². The zero-order valence-electron chi connectivity index (χ0n) is 15.8. The molecular weight excluding hydrogens is 408 g/mol. The predicted octanol–water partition coefficient (Wildman–Crippen LogP) is 3.71. The van der Waals surface area contributed by atoms with Gasteiger partial charge in [-0.05, 0) is 37.3 Å². The number of benzene rings is 1. The largest absolute Gasteiger partial charge is 0.497 e. The van der Waals surface area contributed by atoms with E-state index in [1.54, 1.807) is 19.5 Å². The number of thiazole rings is 1. The van der Waals surface area contributed by atoms with E-state index in [0.29, 0.717) is 16.8 Å². The normalized spacial score (nSPS) is 11.0. The summed E-state index contributed by atoms with van der Waals surface area (Å²) in [6.07, 6.45) is 3.44. The van der Waals surface area contributed by atoms with E-state index in [-0.39, 0.29) is 11.7 Å². The number of anilines is 1. The summed E-state index contributed by atoms with van der Waals surface area (Å²) in [6, 6.07) is 9.40. The first-order valence-electron chi connectivity index (χ1n) is 8.88. The fourth-order valence-electron chi connectivity index (χ4n) is 2.77. The Kier molecular flexibility index (Phi) is 5.72. The Balaban J connectivity index is 1.43. The van der Waals surface area contributed by atoms with Crippen molar-refractivity contribution in [2.24, 2.45) is 0 Å². The third-order valence-electron chi connectivity index (χ3n) is 4.15. The molecule has 1 N–H and O–H groups in total. The molecule has 0 atom stereocenters. The second kappa shape index (κ2) is 8.58. The van der Waals surface area contributed by atoms with E-state index in [4.69, 9.17) is 4.74 Å². The van der Waals surface area contributed by atoms with E-state index >= 15 is 0 Å². The summed E-state index contributed by atoms with van der Waals surface area (Å²) in [7, 11) is 1.62. The van der Waals surface area contributed by atoms with Crippen molar-refractivity contribution in [3.63, 3.8) is 0 Å². The summed E-state index contributed by atoms with van der Waals surface area (Å²) < 4.78 is 8.17. The van der Waals surface area contributed by atoms with Gasteiger partial charge in [0.1, 0.15) is 5.75 Å². The Morgan fingerprint density at radius 1 is 1.24 bits per heavy atom. The summed E-state index contributed by atoms with van der Waals surface area (Å²) in [6.45, 7) is 2.72. The van der Waals surface area contributed by atoms with Gasteiger partial charge in [-0.15, -0.1) is 10.2 Å². The van der Waals surface area contributed by atoms with Gasteiger partial charge < -0.3 is 14.6 Å². The van der Waals surface area contributed by atoms with Gasteiger partial charge in [-0.1, -0.05) is 23.1 Å². The number of carbonyl (C=O) groups is 1. The first-order chi connectivity index (χ1) is 14.2. The summed E-state index contributed by atoms with van der Waals surface area (Å²) in [5, 5.41) is 12.6. The number of nitrogens with one attached hydrogen (secondary N) is 1. The van der Waals surface area contributed by atoms with Crippen molar-refractivity contribution in [3.8, 4) is 17.1 Å². The van der Waals surface area contributed by atoms with E-state index in [2.05, 4.69) is 25.5 Å². The molecule has 0 saturated heterocycles. The van der Waals surface area contributed by atoms with Gasteiger partial charge in [-0.2, -0.15) is 0 Å². The highest BCUT2D eigenvalue weighted by atomic mass is 32.2. The monoisotopic (exact) mass is 426 g/mol. The molecule has 0 bridgehead atoms. The quantitative estimate of drug-likeness (QED) is 0.450. The van der Waals surface area contributed by atoms with Gasteiger partial charge >= 0.3 is 0 Å². The molecule has 4 aromatic rings. The minimum atomic E-state index is -0.142. The van der Waals surface area contributed by atoms with Crippen LogP contribution >= 0.6 is 23.1 Å². The molecule has 0 aliphatic rings. The number of thioether (sulfide) groups is 1. The number of hydrogen-bond donors (Lipinski definition) is 1. The van der Waals surface area contributed by atoms with Crippen molar-refractivity contribution in [2.75, 3.05) is 18.2 Å². The van der Waals surface area contributed by atoms with Gasteiger partial charge in [0.25, 0.3) is 0 Å². The van der Waals surface area contributed by atoms with Gasteiger partial charge in [0.15, 0.2) is 16.1 Å². The third kappa shape index (κ3) is 4.22. The number of amides is 1. The lowest BCUT2D eigenvalue weighted by Crippen LogP contribution is -2.14. The van der Waals surface area contributed by atoms with Crippen LogP contribution in [0.25, 0.3) is 21.6 Å². The Bertz CT molecular complexity index is 1140. The van der Waals surface area contributed by atoms with Gasteiger partial charge in [-0.25, -0.2) is 4.98 Å². The zero-order chi connectivity index (χ0) is 20.2. The zero-order valence-corrected chi connectivity index (χ0v) is 17.5. The Morgan fingerprint density at radius 2 is 2.07 bits per heavy atom. The van der Waals surface area contributed by atoms with Crippen molar-refractivity contribution in [1.29, 1.82) is 0 Å². The van der Waals surface area contributed by atoms with E-state index in [0.717, 1.165) is 27.4 Å². The molecule has 0 aliphatic carbocycles. The number of nitrogens with zero attached hydrogens (tertiary/aromatic N) is 5. The molecule has 0 fully saturated rings. The number of carbonyl (C=O) groups excluding carboxylic acids is 1. The highest BCUT2D eigenvalue weighted by Crippen LogP contribution is 2.29. The molecule has 0 aliphatic heterocycles. The smallest absolute Gasteiger partial charge is 0.236 e. The van der Waals surface area contributed by atoms with Crippen molar-refractivity contribution in [1.82, 2.24) is 24.7 Å². The molecule has 8 nitrogen and oxygen atoms in total. The summed E-state index contributed by atoms with van der Waals surface area (Å²) in [5.41, 5.74) is 1.77. The van der Waals surface area contributed by atoms with Gasteiger partial charge in [0.05, 0.1) is 23.1 Å². The van der Waals surface area contributed by atoms with Crippen molar-refractivity contribution in [2.45, 2.75) is 18.6 Å². The fourth-order valence-corrected chi connectivity index (χ4v) is 4.48. The van der Waals surface area contributed by atoms with E-state index in [9.17, 15) is 4.79 Å². The molecule has 29 heavy (non-hydrogen) atoms. The number of methoxy groups -OCH3 is 1. The average molecular weight is 427 g/mol. The molecule has 0 radical (unpaired) electrons. The van der Waals surface area contributed by atoms with E-state index < -0.39 is 0 Å². The lowest BCUT2D eigenvalue weighted by Gasteiger charge is -2.07. The van der Waals surface area contributed by atoms with Crippen LogP contribution in [0.2, 0.25) is 0 Å². The van der Waals surface area contributed by atoms with Crippen LogP contribution in [0.1, 0.15) is 6.92 Å². The molecule has 3 aromatic heterocycles.